The van der Waals surface area contributed by atoms with Crippen LogP contribution in [0.15, 0.2) is 12.2 Å². The lowest BCUT2D eigenvalue weighted by atomic mass is 10.4. The van der Waals surface area contributed by atoms with Crippen molar-refractivity contribution in [2.45, 2.75) is 6.92 Å². The smallest absolute Gasteiger partial charge is 0.333 e. The highest BCUT2D eigenvalue weighted by Crippen LogP contribution is 1.94. The maximum atomic E-state index is 11.0. The van der Waals surface area contributed by atoms with E-state index in [1.165, 1.54) is 0 Å². The van der Waals surface area contributed by atoms with E-state index in [-0.39, 0.29) is 12.5 Å². The fourth-order valence-corrected chi connectivity index (χ4v) is 1.81. The molecule has 88 valence electrons. The van der Waals surface area contributed by atoms with Crippen molar-refractivity contribution in [2.75, 3.05) is 32.3 Å². The topological polar surface area (TPSA) is 63.7 Å². The zero-order chi connectivity index (χ0) is 12.1. The van der Waals surface area contributed by atoms with Gasteiger partial charge >= 0.3 is 5.97 Å². The highest BCUT2D eigenvalue weighted by atomic mass is 32.2. The Hall–Kier alpha value is -0.880. The van der Waals surface area contributed by atoms with E-state index in [9.17, 15) is 13.2 Å². The molecule has 0 saturated heterocycles. The molecular weight excluding hydrogens is 218 g/mol. The zero-order valence-electron chi connectivity index (χ0n) is 9.32. The van der Waals surface area contributed by atoms with Crippen molar-refractivity contribution >= 4 is 15.8 Å². The van der Waals surface area contributed by atoms with Crippen molar-refractivity contribution < 1.29 is 17.9 Å². The van der Waals surface area contributed by atoms with Crippen molar-refractivity contribution in [3.05, 3.63) is 12.2 Å². The molecular formula is C9H17NO4S. The van der Waals surface area contributed by atoms with Gasteiger partial charge in [0.25, 0.3) is 0 Å². The second-order valence-corrected chi connectivity index (χ2v) is 5.66. The normalized spacial score (nSPS) is 11.5. The number of ether oxygens (including phenoxy) is 1. The Morgan fingerprint density at radius 3 is 2.40 bits per heavy atom. The molecule has 0 N–H and O–H groups in total. The third kappa shape index (κ3) is 8.14. The fourth-order valence-electron chi connectivity index (χ4n) is 0.882. The molecule has 0 amide bonds. The molecule has 6 heteroatoms. The summed E-state index contributed by atoms with van der Waals surface area (Å²) < 4.78 is 26.6. The van der Waals surface area contributed by atoms with E-state index in [0.29, 0.717) is 12.1 Å². The lowest BCUT2D eigenvalue weighted by Gasteiger charge is -2.14. The molecule has 0 aliphatic heterocycles. The number of hydrogen-bond acceptors (Lipinski definition) is 5. The molecule has 15 heavy (non-hydrogen) atoms. The van der Waals surface area contributed by atoms with E-state index in [1.807, 2.05) is 0 Å². The van der Waals surface area contributed by atoms with Gasteiger partial charge in [-0.1, -0.05) is 6.58 Å². The van der Waals surface area contributed by atoms with Gasteiger partial charge in [0.05, 0.1) is 0 Å². The van der Waals surface area contributed by atoms with Crippen LogP contribution in [0.2, 0.25) is 0 Å². The molecule has 0 rings (SSSR count). The highest BCUT2D eigenvalue weighted by molar-refractivity contribution is 7.90. The van der Waals surface area contributed by atoms with Gasteiger partial charge in [-0.15, -0.1) is 0 Å². The van der Waals surface area contributed by atoms with Crippen LogP contribution in [0.3, 0.4) is 0 Å². The Morgan fingerprint density at radius 1 is 1.47 bits per heavy atom. The van der Waals surface area contributed by atoms with Gasteiger partial charge < -0.3 is 4.74 Å². The summed E-state index contributed by atoms with van der Waals surface area (Å²) in [5.74, 6) is -0.500. The lowest BCUT2D eigenvalue weighted by Crippen LogP contribution is -2.29. The molecule has 0 heterocycles. The summed E-state index contributed by atoms with van der Waals surface area (Å²) in [6, 6.07) is 0. The van der Waals surface area contributed by atoms with Crippen LogP contribution in [-0.2, 0) is 19.4 Å². The third-order valence-corrected chi connectivity index (χ3v) is 2.42. The number of nitrogens with zero attached hydrogens (tertiary/aromatic N) is 1. The van der Waals surface area contributed by atoms with Gasteiger partial charge in [0.15, 0.2) is 9.84 Å². The van der Waals surface area contributed by atoms with Crippen molar-refractivity contribution in [1.29, 1.82) is 0 Å². The number of likely N-dealkylation sites (N-methyl/N-ethyl adjacent to an activating group) is 1. The van der Waals surface area contributed by atoms with Crippen LogP contribution in [-0.4, -0.2) is 51.6 Å². The van der Waals surface area contributed by atoms with Gasteiger partial charge in [-0.3, -0.25) is 4.90 Å². The van der Waals surface area contributed by atoms with Crippen molar-refractivity contribution in [3.8, 4) is 0 Å². The predicted molar refractivity (Wildman–Crippen MR) is 58.1 cm³/mol. The molecule has 0 aromatic heterocycles. The van der Waals surface area contributed by atoms with Gasteiger partial charge in [0.1, 0.15) is 12.5 Å². The number of carbonyl (C=O) groups is 1. The molecule has 5 nitrogen and oxygen atoms in total. The quantitative estimate of drug-likeness (QED) is 0.480. The third-order valence-electron chi connectivity index (χ3n) is 1.51. The van der Waals surface area contributed by atoms with Gasteiger partial charge in [0, 0.05) is 18.4 Å². The second kappa shape index (κ2) is 5.87. The number of rotatable bonds is 6. The minimum absolute atomic E-state index is 0.0440. The van der Waals surface area contributed by atoms with Crippen LogP contribution in [0.5, 0.6) is 0 Å². The average Bonchev–Trinajstić information content (AvgIpc) is 2.00. The van der Waals surface area contributed by atoms with Gasteiger partial charge in [-0.25, -0.2) is 13.2 Å². The number of carbonyl (C=O) groups excluding carboxylic acids is 1. The molecule has 0 atom stereocenters. The average molecular weight is 235 g/mol. The van der Waals surface area contributed by atoms with Crippen molar-refractivity contribution in [1.82, 2.24) is 4.90 Å². The highest BCUT2D eigenvalue weighted by Gasteiger charge is 2.08. The molecule has 0 aliphatic carbocycles. The number of sulfone groups is 1. The Kier molecular flexibility index (Phi) is 5.53. The van der Waals surface area contributed by atoms with E-state index in [0.717, 1.165) is 6.26 Å². The van der Waals surface area contributed by atoms with Gasteiger partial charge in [0.2, 0.25) is 0 Å². The molecule has 0 radical (unpaired) electrons. The van der Waals surface area contributed by atoms with Crippen LogP contribution >= 0.6 is 0 Å². The van der Waals surface area contributed by atoms with Crippen LogP contribution in [0.4, 0.5) is 0 Å². The van der Waals surface area contributed by atoms with Crippen LogP contribution < -0.4 is 0 Å². The molecule has 0 bridgehead atoms. The van der Waals surface area contributed by atoms with E-state index >= 15 is 0 Å². The molecule has 0 fully saturated rings. The molecule has 0 unspecified atom stereocenters. The molecule has 0 aromatic rings. The summed E-state index contributed by atoms with van der Waals surface area (Å²) in [4.78, 5) is 12.5. The minimum Gasteiger partial charge on any atom is -0.461 e. The predicted octanol–water partition coefficient (Wildman–Crippen LogP) is 0.0396. The Bertz CT molecular complexity index is 334. The number of esters is 1. The first-order valence-corrected chi connectivity index (χ1v) is 6.47. The van der Waals surface area contributed by atoms with Crippen molar-refractivity contribution in [2.24, 2.45) is 0 Å². The first-order valence-electron chi connectivity index (χ1n) is 4.41. The Labute approximate surface area is 90.6 Å². The van der Waals surface area contributed by atoms with Gasteiger partial charge in [-0.2, -0.15) is 0 Å². The molecule has 0 aromatic carbocycles. The minimum atomic E-state index is -3.02. The summed E-state index contributed by atoms with van der Waals surface area (Å²) in [6.45, 7) is 5.53. The summed E-state index contributed by atoms with van der Waals surface area (Å²) in [6.07, 6.45) is 1.16. The summed E-state index contributed by atoms with van der Waals surface area (Å²) in [5.41, 5.74) is 0.334. The van der Waals surface area contributed by atoms with E-state index < -0.39 is 15.8 Å². The van der Waals surface area contributed by atoms with E-state index in [2.05, 4.69) is 6.58 Å². The van der Waals surface area contributed by atoms with Crippen LogP contribution in [0.25, 0.3) is 0 Å². The van der Waals surface area contributed by atoms with Gasteiger partial charge in [-0.05, 0) is 14.0 Å². The Balaban J connectivity index is 3.78. The summed E-state index contributed by atoms with van der Waals surface area (Å²) in [5, 5.41) is 0. The van der Waals surface area contributed by atoms with Crippen molar-refractivity contribution in [3.63, 3.8) is 0 Å². The first-order chi connectivity index (χ1) is 6.72. The number of hydrogen-bond donors (Lipinski definition) is 0. The molecule has 0 aliphatic rings. The maximum Gasteiger partial charge on any atom is 0.333 e. The summed E-state index contributed by atoms with van der Waals surface area (Å²) in [7, 11) is -1.37. The SMILES string of the molecule is C=C(C)C(=O)OCCN(C)CS(C)(=O)=O. The maximum absolute atomic E-state index is 11.0. The zero-order valence-corrected chi connectivity index (χ0v) is 10.1. The lowest BCUT2D eigenvalue weighted by molar-refractivity contribution is -0.139. The first kappa shape index (κ1) is 14.1. The monoisotopic (exact) mass is 235 g/mol. The van der Waals surface area contributed by atoms with Crippen LogP contribution in [0, 0.1) is 0 Å². The summed E-state index contributed by atoms with van der Waals surface area (Å²) >= 11 is 0. The van der Waals surface area contributed by atoms with E-state index in [1.54, 1.807) is 18.9 Å². The largest absolute Gasteiger partial charge is 0.461 e. The van der Waals surface area contributed by atoms with Crippen LogP contribution in [0.1, 0.15) is 6.92 Å². The Morgan fingerprint density at radius 2 is 2.00 bits per heavy atom. The fraction of sp³-hybridized carbons (Fsp3) is 0.667. The molecule has 0 saturated carbocycles. The standard InChI is InChI=1S/C9H17NO4S/c1-8(2)9(11)14-6-5-10(3)7-15(4,12)13/h1,5-7H2,2-4H3. The van der Waals surface area contributed by atoms with E-state index in [4.69, 9.17) is 4.74 Å². The molecule has 0 spiro atoms. The second-order valence-electron chi connectivity index (χ2n) is 3.55.